The van der Waals surface area contributed by atoms with E-state index >= 15 is 0 Å². The maximum absolute atomic E-state index is 12.4. The SMILES string of the molecule is COC(=O)[C@]1(C)CC[C@@H]2C[C@@]3(O)CCC(=O)[C@@]3(C)[C@@H]21. The third-order valence-corrected chi connectivity index (χ3v) is 6.38. The maximum atomic E-state index is 12.4. The number of hydrogen-bond acceptors (Lipinski definition) is 4. The first kappa shape index (κ1) is 13.1. The topological polar surface area (TPSA) is 63.6 Å². The van der Waals surface area contributed by atoms with E-state index in [0.29, 0.717) is 19.3 Å². The van der Waals surface area contributed by atoms with Crippen molar-refractivity contribution in [2.75, 3.05) is 7.11 Å². The Morgan fingerprint density at radius 3 is 2.68 bits per heavy atom. The smallest absolute Gasteiger partial charge is 0.311 e. The number of hydrogen-bond donors (Lipinski definition) is 1. The van der Waals surface area contributed by atoms with Crippen LogP contribution in [0.4, 0.5) is 0 Å². The lowest BCUT2D eigenvalue weighted by atomic mass is 9.62. The quantitative estimate of drug-likeness (QED) is 0.734. The maximum Gasteiger partial charge on any atom is 0.311 e. The van der Waals surface area contributed by atoms with Crippen LogP contribution < -0.4 is 0 Å². The summed E-state index contributed by atoms with van der Waals surface area (Å²) in [5, 5.41) is 10.9. The summed E-state index contributed by atoms with van der Waals surface area (Å²) < 4.78 is 4.98. The predicted octanol–water partition coefficient (Wildman–Crippen LogP) is 1.70. The van der Waals surface area contributed by atoms with Crippen LogP contribution in [0, 0.1) is 22.7 Å². The van der Waals surface area contributed by atoms with Crippen molar-refractivity contribution in [1.82, 2.24) is 0 Å². The number of fused-ring (bicyclic) bond motifs is 3. The number of aliphatic hydroxyl groups is 1. The van der Waals surface area contributed by atoms with Crippen molar-refractivity contribution in [3.63, 3.8) is 0 Å². The van der Waals surface area contributed by atoms with E-state index in [-0.39, 0.29) is 23.6 Å². The molecule has 0 aromatic carbocycles. The van der Waals surface area contributed by atoms with E-state index in [2.05, 4.69) is 0 Å². The van der Waals surface area contributed by atoms with Crippen molar-refractivity contribution in [2.24, 2.45) is 22.7 Å². The summed E-state index contributed by atoms with van der Waals surface area (Å²) in [5.41, 5.74) is -2.30. The molecular weight excluding hydrogens is 244 g/mol. The van der Waals surface area contributed by atoms with Crippen LogP contribution in [0.5, 0.6) is 0 Å². The average Bonchev–Trinajstić information content (AvgIpc) is 2.89. The number of carbonyl (C=O) groups excluding carboxylic acids is 2. The number of rotatable bonds is 1. The summed E-state index contributed by atoms with van der Waals surface area (Å²) in [6.45, 7) is 3.78. The Morgan fingerprint density at radius 1 is 1.37 bits per heavy atom. The van der Waals surface area contributed by atoms with E-state index in [4.69, 9.17) is 4.74 Å². The minimum absolute atomic E-state index is 0.0764. The van der Waals surface area contributed by atoms with Crippen LogP contribution in [0.15, 0.2) is 0 Å². The van der Waals surface area contributed by atoms with E-state index in [1.54, 1.807) is 0 Å². The van der Waals surface area contributed by atoms with Crippen LogP contribution in [-0.4, -0.2) is 29.6 Å². The summed E-state index contributed by atoms with van der Waals surface area (Å²) in [5.74, 6) is 0.0838. The fourth-order valence-electron chi connectivity index (χ4n) is 5.43. The number of Topliss-reactive ketones (excluding diaryl/α,β-unsaturated/α-hetero) is 1. The van der Waals surface area contributed by atoms with E-state index in [1.807, 2.05) is 13.8 Å². The van der Waals surface area contributed by atoms with Gasteiger partial charge in [-0.3, -0.25) is 9.59 Å². The molecule has 3 aliphatic rings. The van der Waals surface area contributed by atoms with Crippen LogP contribution in [0.1, 0.15) is 46.0 Å². The minimum Gasteiger partial charge on any atom is -0.469 e. The van der Waals surface area contributed by atoms with E-state index in [0.717, 1.165) is 12.8 Å². The largest absolute Gasteiger partial charge is 0.469 e. The first-order chi connectivity index (χ1) is 8.79. The van der Waals surface area contributed by atoms with Crippen molar-refractivity contribution in [2.45, 2.75) is 51.6 Å². The van der Waals surface area contributed by atoms with Crippen molar-refractivity contribution < 1.29 is 19.4 Å². The lowest BCUT2D eigenvalue weighted by molar-refractivity contribution is -0.161. The fourth-order valence-corrected chi connectivity index (χ4v) is 5.43. The highest BCUT2D eigenvalue weighted by Crippen LogP contribution is 2.69. The summed E-state index contributed by atoms with van der Waals surface area (Å²) in [4.78, 5) is 24.6. The second-order valence-corrected chi connectivity index (χ2v) is 7.05. The van der Waals surface area contributed by atoms with Crippen molar-refractivity contribution in [1.29, 1.82) is 0 Å². The van der Waals surface area contributed by atoms with Gasteiger partial charge in [0.05, 0.1) is 23.5 Å². The summed E-state index contributed by atoms with van der Waals surface area (Å²) >= 11 is 0. The van der Waals surface area contributed by atoms with Crippen LogP contribution in [0.25, 0.3) is 0 Å². The first-order valence-electron chi connectivity index (χ1n) is 7.14. The molecule has 1 N–H and O–H groups in total. The molecule has 19 heavy (non-hydrogen) atoms. The van der Waals surface area contributed by atoms with Crippen LogP contribution >= 0.6 is 0 Å². The molecule has 0 aromatic heterocycles. The molecule has 3 saturated carbocycles. The summed E-state index contributed by atoms with van der Waals surface area (Å²) in [6, 6.07) is 0. The Labute approximate surface area is 113 Å². The van der Waals surface area contributed by atoms with Crippen LogP contribution in [-0.2, 0) is 14.3 Å². The lowest BCUT2D eigenvalue weighted by Crippen LogP contribution is -2.50. The van der Waals surface area contributed by atoms with Gasteiger partial charge in [0.25, 0.3) is 0 Å². The van der Waals surface area contributed by atoms with Crippen LogP contribution in [0.3, 0.4) is 0 Å². The predicted molar refractivity (Wildman–Crippen MR) is 68.3 cm³/mol. The molecule has 3 fully saturated rings. The number of ketones is 1. The van der Waals surface area contributed by atoms with Gasteiger partial charge in [-0.25, -0.2) is 0 Å². The number of methoxy groups -OCH3 is 1. The number of esters is 1. The van der Waals surface area contributed by atoms with Gasteiger partial charge in [0.2, 0.25) is 0 Å². The molecule has 3 rings (SSSR count). The molecular formula is C15H22O4. The highest BCUT2D eigenvalue weighted by atomic mass is 16.5. The van der Waals surface area contributed by atoms with E-state index in [1.165, 1.54) is 7.11 Å². The van der Waals surface area contributed by atoms with Crippen molar-refractivity contribution >= 4 is 11.8 Å². The molecule has 0 spiro atoms. The molecule has 0 amide bonds. The van der Waals surface area contributed by atoms with Crippen molar-refractivity contribution in [3.8, 4) is 0 Å². The standard InChI is InChI=1S/C15H22O4/c1-13(12(17)19-3)6-4-9-8-15(18)7-5-10(16)14(15,2)11(9)13/h9,11,18H,4-8H2,1-3H3/t9-,11+,13-,14+,15+/m1/s1. The Morgan fingerprint density at radius 2 is 2.05 bits per heavy atom. The van der Waals surface area contributed by atoms with Gasteiger partial charge in [0.15, 0.2) is 0 Å². The van der Waals surface area contributed by atoms with Gasteiger partial charge in [-0.15, -0.1) is 0 Å². The Bertz CT molecular complexity index is 459. The van der Waals surface area contributed by atoms with E-state index < -0.39 is 16.4 Å². The molecule has 0 unspecified atom stereocenters. The third-order valence-electron chi connectivity index (χ3n) is 6.38. The second-order valence-electron chi connectivity index (χ2n) is 7.05. The Balaban J connectivity index is 2.09. The number of carbonyl (C=O) groups is 2. The monoisotopic (exact) mass is 266 g/mol. The molecule has 4 nitrogen and oxygen atoms in total. The molecule has 0 aliphatic heterocycles. The molecule has 0 heterocycles. The van der Waals surface area contributed by atoms with Gasteiger partial charge >= 0.3 is 5.97 Å². The van der Waals surface area contributed by atoms with E-state index in [9.17, 15) is 14.7 Å². The molecule has 0 radical (unpaired) electrons. The molecule has 4 heteroatoms. The van der Waals surface area contributed by atoms with Crippen molar-refractivity contribution in [3.05, 3.63) is 0 Å². The normalized spacial score (nSPS) is 52.1. The van der Waals surface area contributed by atoms with Gasteiger partial charge in [-0.1, -0.05) is 0 Å². The molecule has 5 atom stereocenters. The van der Waals surface area contributed by atoms with Gasteiger partial charge < -0.3 is 9.84 Å². The van der Waals surface area contributed by atoms with Gasteiger partial charge in [0, 0.05) is 6.42 Å². The highest BCUT2D eigenvalue weighted by molar-refractivity contribution is 5.91. The molecule has 0 saturated heterocycles. The zero-order valence-corrected chi connectivity index (χ0v) is 11.9. The molecule has 0 aromatic rings. The molecule has 106 valence electrons. The highest BCUT2D eigenvalue weighted by Gasteiger charge is 2.73. The first-order valence-corrected chi connectivity index (χ1v) is 7.14. The molecule has 3 aliphatic carbocycles. The lowest BCUT2D eigenvalue weighted by Gasteiger charge is -2.41. The minimum atomic E-state index is -0.908. The van der Waals surface area contributed by atoms with Crippen LogP contribution in [0.2, 0.25) is 0 Å². The summed E-state index contributed by atoms with van der Waals surface area (Å²) in [6.07, 6.45) is 3.31. The zero-order chi connectivity index (χ0) is 14.1. The zero-order valence-electron chi connectivity index (χ0n) is 11.9. The second kappa shape index (κ2) is 3.60. The third kappa shape index (κ3) is 1.28. The Kier molecular flexibility index (Phi) is 2.48. The van der Waals surface area contributed by atoms with Gasteiger partial charge in [-0.2, -0.15) is 0 Å². The summed E-state index contributed by atoms with van der Waals surface area (Å²) in [7, 11) is 1.40. The van der Waals surface area contributed by atoms with Gasteiger partial charge in [-0.05, 0) is 51.4 Å². The fraction of sp³-hybridized carbons (Fsp3) is 0.867. The van der Waals surface area contributed by atoms with Gasteiger partial charge in [0.1, 0.15) is 5.78 Å². The Hall–Kier alpha value is -0.900. The molecule has 0 bridgehead atoms. The average molecular weight is 266 g/mol. The number of ether oxygens (including phenoxy) is 1.